The molecule has 20 heavy (non-hydrogen) atoms. The Labute approximate surface area is 122 Å². The molecule has 2 aromatic rings. The van der Waals surface area contributed by atoms with E-state index in [1.54, 1.807) is 18.2 Å². The summed E-state index contributed by atoms with van der Waals surface area (Å²) in [6, 6.07) is 9.37. The second-order valence-electron chi connectivity index (χ2n) is 4.97. The average Bonchev–Trinajstić information content (AvgIpc) is 2.37. The van der Waals surface area contributed by atoms with Crippen molar-refractivity contribution in [2.75, 3.05) is 0 Å². The van der Waals surface area contributed by atoms with Gasteiger partial charge in [0.05, 0.1) is 0 Å². The van der Waals surface area contributed by atoms with Crippen LogP contribution in [0.25, 0.3) is 11.1 Å². The molecule has 0 aromatic heterocycles. The zero-order valence-electron chi connectivity index (χ0n) is 11.4. The number of hydrogen-bond acceptors (Lipinski definition) is 1. The van der Waals surface area contributed by atoms with Crippen LogP contribution in [-0.4, -0.2) is 6.04 Å². The summed E-state index contributed by atoms with van der Waals surface area (Å²) < 4.78 is 27.9. The Balaban J connectivity index is 2.29. The fraction of sp³-hybridized carbons (Fsp3) is 0.250. The standard InChI is InChI=1S/C16H16ClF2N/c1-10(2)20-9-11-3-5-13(15(18)7-11)14-6-4-12(17)8-16(14)19/h3-8,10,20H,9H2,1-2H3. The minimum atomic E-state index is -0.524. The fourth-order valence-electron chi connectivity index (χ4n) is 1.92. The van der Waals surface area contributed by atoms with Crippen molar-refractivity contribution in [3.8, 4) is 11.1 Å². The van der Waals surface area contributed by atoms with E-state index in [0.29, 0.717) is 17.6 Å². The molecule has 1 N–H and O–H groups in total. The molecule has 4 heteroatoms. The smallest absolute Gasteiger partial charge is 0.132 e. The van der Waals surface area contributed by atoms with Crippen LogP contribution in [0.3, 0.4) is 0 Å². The van der Waals surface area contributed by atoms with Crippen molar-refractivity contribution in [2.45, 2.75) is 26.4 Å². The Hall–Kier alpha value is -1.45. The maximum Gasteiger partial charge on any atom is 0.132 e. The van der Waals surface area contributed by atoms with Gasteiger partial charge >= 0.3 is 0 Å². The molecule has 0 radical (unpaired) electrons. The normalized spacial score (nSPS) is 11.1. The molecule has 0 aliphatic heterocycles. The molecule has 0 bridgehead atoms. The highest BCUT2D eigenvalue weighted by Gasteiger charge is 2.11. The van der Waals surface area contributed by atoms with Crippen LogP contribution >= 0.6 is 11.6 Å². The second kappa shape index (κ2) is 6.33. The number of benzene rings is 2. The van der Waals surface area contributed by atoms with E-state index in [1.807, 2.05) is 13.8 Å². The van der Waals surface area contributed by atoms with Gasteiger partial charge in [0, 0.05) is 28.7 Å². The second-order valence-corrected chi connectivity index (χ2v) is 5.41. The molecule has 0 aliphatic carbocycles. The Morgan fingerprint density at radius 1 is 1.00 bits per heavy atom. The van der Waals surface area contributed by atoms with Gasteiger partial charge in [-0.3, -0.25) is 0 Å². The minimum Gasteiger partial charge on any atom is -0.310 e. The molecule has 0 saturated carbocycles. The largest absolute Gasteiger partial charge is 0.310 e. The zero-order chi connectivity index (χ0) is 14.7. The maximum absolute atomic E-state index is 14.1. The summed E-state index contributed by atoms with van der Waals surface area (Å²) in [5, 5.41) is 3.50. The van der Waals surface area contributed by atoms with Crippen molar-refractivity contribution < 1.29 is 8.78 Å². The monoisotopic (exact) mass is 295 g/mol. The summed E-state index contributed by atoms with van der Waals surface area (Å²) in [5.41, 5.74) is 1.29. The van der Waals surface area contributed by atoms with Gasteiger partial charge in [-0.15, -0.1) is 0 Å². The molecular weight excluding hydrogens is 280 g/mol. The third-order valence-electron chi connectivity index (χ3n) is 2.97. The predicted molar refractivity (Wildman–Crippen MR) is 78.8 cm³/mol. The first-order valence-electron chi connectivity index (χ1n) is 6.44. The van der Waals surface area contributed by atoms with Crippen molar-refractivity contribution in [3.05, 3.63) is 58.6 Å². The third kappa shape index (κ3) is 3.56. The van der Waals surface area contributed by atoms with Crippen molar-refractivity contribution in [2.24, 2.45) is 0 Å². The fourth-order valence-corrected chi connectivity index (χ4v) is 2.08. The first-order valence-corrected chi connectivity index (χ1v) is 6.82. The minimum absolute atomic E-state index is 0.218. The lowest BCUT2D eigenvalue weighted by molar-refractivity contribution is 0.581. The molecule has 0 fully saturated rings. The number of rotatable bonds is 4. The molecule has 0 aliphatic rings. The summed E-state index contributed by atoms with van der Waals surface area (Å²) in [7, 11) is 0. The molecule has 0 heterocycles. The SMILES string of the molecule is CC(C)NCc1ccc(-c2ccc(Cl)cc2F)c(F)c1. The molecule has 1 nitrogen and oxygen atoms in total. The Kier molecular flexibility index (Phi) is 4.73. The van der Waals surface area contributed by atoms with Gasteiger partial charge in [0.25, 0.3) is 0 Å². The van der Waals surface area contributed by atoms with E-state index in [-0.39, 0.29) is 11.1 Å². The van der Waals surface area contributed by atoms with Crippen molar-refractivity contribution in [1.29, 1.82) is 0 Å². The predicted octanol–water partition coefficient (Wildman–Crippen LogP) is 4.78. The van der Waals surface area contributed by atoms with Gasteiger partial charge < -0.3 is 5.32 Å². The van der Waals surface area contributed by atoms with Crippen LogP contribution in [-0.2, 0) is 6.54 Å². The van der Waals surface area contributed by atoms with Gasteiger partial charge in [-0.25, -0.2) is 8.78 Å². The lowest BCUT2D eigenvalue weighted by Crippen LogP contribution is -2.21. The zero-order valence-corrected chi connectivity index (χ0v) is 12.1. The molecule has 0 saturated heterocycles. The van der Waals surface area contributed by atoms with Crippen LogP contribution in [0.2, 0.25) is 5.02 Å². The molecule has 2 rings (SSSR count). The molecule has 2 aromatic carbocycles. The molecule has 0 amide bonds. The van der Waals surface area contributed by atoms with Gasteiger partial charge in [-0.05, 0) is 29.8 Å². The summed E-state index contributed by atoms with van der Waals surface area (Å²) in [6.45, 7) is 4.62. The van der Waals surface area contributed by atoms with Gasteiger partial charge in [0.15, 0.2) is 0 Å². The number of hydrogen-bond donors (Lipinski definition) is 1. The number of halogens is 3. The van der Waals surface area contributed by atoms with E-state index in [4.69, 9.17) is 11.6 Å². The third-order valence-corrected chi connectivity index (χ3v) is 3.20. The molecule has 0 unspecified atom stereocenters. The summed E-state index contributed by atoms with van der Waals surface area (Å²) >= 11 is 5.70. The van der Waals surface area contributed by atoms with E-state index in [0.717, 1.165) is 5.56 Å². The van der Waals surface area contributed by atoms with E-state index < -0.39 is 11.6 Å². The Bertz CT molecular complexity index is 611. The van der Waals surface area contributed by atoms with Gasteiger partial charge in [0.1, 0.15) is 11.6 Å². The van der Waals surface area contributed by atoms with Crippen molar-refractivity contribution in [1.82, 2.24) is 5.32 Å². The van der Waals surface area contributed by atoms with Crippen LogP contribution in [0.1, 0.15) is 19.4 Å². The Morgan fingerprint density at radius 3 is 2.15 bits per heavy atom. The summed E-state index contributed by atoms with van der Waals surface area (Å²) in [6.07, 6.45) is 0. The number of nitrogens with one attached hydrogen (secondary N) is 1. The molecular formula is C16H16ClF2N. The van der Waals surface area contributed by atoms with E-state index in [1.165, 1.54) is 18.2 Å². The first-order chi connectivity index (χ1) is 9.47. The quantitative estimate of drug-likeness (QED) is 0.855. The van der Waals surface area contributed by atoms with Gasteiger partial charge in [-0.1, -0.05) is 37.6 Å². The van der Waals surface area contributed by atoms with Gasteiger partial charge in [-0.2, -0.15) is 0 Å². The van der Waals surface area contributed by atoms with Crippen LogP contribution in [0.5, 0.6) is 0 Å². The lowest BCUT2D eigenvalue weighted by Gasteiger charge is -2.10. The molecule has 106 valence electrons. The maximum atomic E-state index is 14.1. The van der Waals surface area contributed by atoms with Gasteiger partial charge in [0.2, 0.25) is 0 Å². The topological polar surface area (TPSA) is 12.0 Å². The van der Waals surface area contributed by atoms with E-state index in [2.05, 4.69) is 5.32 Å². The average molecular weight is 296 g/mol. The first kappa shape index (κ1) is 14.9. The molecule has 0 spiro atoms. The lowest BCUT2D eigenvalue weighted by atomic mass is 10.0. The highest BCUT2D eigenvalue weighted by molar-refractivity contribution is 6.30. The van der Waals surface area contributed by atoms with Crippen LogP contribution in [0, 0.1) is 11.6 Å². The van der Waals surface area contributed by atoms with Crippen LogP contribution in [0.4, 0.5) is 8.78 Å². The summed E-state index contributed by atoms with van der Waals surface area (Å²) in [5.74, 6) is -0.960. The van der Waals surface area contributed by atoms with Crippen molar-refractivity contribution in [3.63, 3.8) is 0 Å². The van der Waals surface area contributed by atoms with Crippen LogP contribution < -0.4 is 5.32 Å². The molecule has 0 atom stereocenters. The highest BCUT2D eigenvalue weighted by atomic mass is 35.5. The van der Waals surface area contributed by atoms with E-state index in [9.17, 15) is 8.78 Å². The Morgan fingerprint density at radius 2 is 1.60 bits per heavy atom. The van der Waals surface area contributed by atoms with Crippen LogP contribution in [0.15, 0.2) is 36.4 Å². The highest BCUT2D eigenvalue weighted by Crippen LogP contribution is 2.28. The van der Waals surface area contributed by atoms with Crippen molar-refractivity contribution >= 4 is 11.6 Å². The van der Waals surface area contributed by atoms with E-state index >= 15 is 0 Å². The summed E-state index contributed by atoms with van der Waals surface area (Å²) in [4.78, 5) is 0.